The molecular formula is C7H6N2S2. The Morgan fingerprint density at radius 2 is 2.36 bits per heavy atom. The van der Waals surface area contributed by atoms with E-state index in [1.165, 1.54) is 4.91 Å². The van der Waals surface area contributed by atoms with Crippen molar-refractivity contribution >= 4 is 26.5 Å². The molecule has 0 atom stereocenters. The van der Waals surface area contributed by atoms with E-state index in [1.807, 2.05) is 10.8 Å². The molecule has 0 bridgehead atoms. The zero-order valence-electron chi connectivity index (χ0n) is 5.73. The van der Waals surface area contributed by atoms with Gasteiger partial charge in [0.15, 0.2) is 0 Å². The van der Waals surface area contributed by atoms with Crippen molar-refractivity contribution in [1.29, 1.82) is 0 Å². The minimum atomic E-state index is 0.988. The summed E-state index contributed by atoms with van der Waals surface area (Å²) in [5.74, 6) is 1.08. The second-order valence-corrected chi connectivity index (χ2v) is 4.41. The van der Waals surface area contributed by atoms with Gasteiger partial charge < -0.3 is 0 Å². The van der Waals surface area contributed by atoms with Crippen LogP contribution in [0.4, 0.5) is 0 Å². The van der Waals surface area contributed by atoms with E-state index in [9.17, 15) is 0 Å². The van der Waals surface area contributed by atoms with E-state index >= 15 is 0 Å². The van der Waals surface area contributed by atoms with Crippen LogP contribution in [0.25, 0.3) is 4.91 Å². The third-order valence-corrected chi connectivity index (χ3v) is 3.58. The van der Waals surface area contributed by atoms with E-state index in [-0.39, 0.29) is 0 Å². The van der Waals surface area contributed by atoms with Crippen LogP contribution in [0, 0.1) is 0 Å². The number of rotatable bonds is 1. The molecule has 11 heavy (non-hydrogen) atoms. The highest BCUT2D eigenvalue weighted by Crippen LogP contribution is 2.41. The maximum atomic E-state index is 4.20. The summed E-state index contributed by atoms with van der Waals surface area (Å²) in [6.45, 7) is 0. The Morgan fingerprint density at radius 1 is 1.36 bits per heavy atom. The van der Waals surface area contributed by atoms with Gasteiger partial charge in [-0.1, -0.05) is 27.7 Å². The van der Waals surface area contributed by atoms with Crippen molar-refractivity contribution < 1.29 is 0 Å². The smallest absolute Gasteiger partial charge is 0.0954 e. The first-order chi connectivity index (χ1) is 5.47. The van der Waals surface area contributed by atoms with Crippen LogP contribution in [0.2, 0.25) is 0 Å². The van der Waals surface area contributed by atoms with E-state index in [4.69, 9.17) is 0 Å². The highest BCUT2D eigenvalue weighted by Gasteiger charge is 2.08. The molecule has 4 heteroatoms. The number of hydrogen-bond donors (Lipinski definition) is 0. The second kappa shape index (κ2) is 3.28. The van der Waals surface area contributed by atoms with E-state index in [2.05, 4.69) is 16.0 Å². The highest BCUT2D eigenvalue weighted by molar-refractivity contribution is 8.80. The third-order valence-electron chi connectivity index (χ3n) is 1.30. The van der Waals surface area contributed by atoms with Crippen molar-refractivity contribution in [1.82, 2.24) is 9.97 Å². The minimum absolute atomic E-state index is 0.988. The van der Waals surface area contributed by atoms with Crippen molar-refractivity contribution in [3.63, 3.8) is 0 Å². The normalized spacial score (nSPS) is 16.5. The van der Waals surface area contributed by atoms with Crippen molar-refractivity contribution in [2.75, 3.05) is 5.75 Å². The fourth-order valence-corrected chi connectivity index (χ4v) is 2.94. The highest BCUT2D eigenvalue weighted by atomic mass is 33.1. The topological polar surface area (TPSA) is 25.8 Å². The van der Waals surface area contributed by atoms with Gasteiger partial charge >= 0.3 is 0 Å². The summed E-state index contributed by atoms with van der Waals surface area (Å²) >= 11 is 0. The maximum Gasteiger partial charge on any atom is 0.0954 e. The molecule has 0 aromatic carbocycles. The van der Waals surface area contributed by atoms with E-state index < -0.39 is 0 Å². The monoisotopic (exact) mass is 182 g/mol. The van der Waals surface area contributed by atoms with Crippen molar-refractivity contribution in [2.45, 2.75) is 0 Å². The molecule has 0 unspecified atom stereocenters. The lowest BCUT2D eigenvalue weighted by Crippen LogP contribution is -1.83. The standard InChI is InChI=1S/C7H6N2S2/c1-4-10-11-7(1)6-5-8-2-3-9-6/h1-3,5H,4H2. The SMILES string of the molecule is C1=C(c2cnccn2)SSC1. The van der Waals surface area contributed by atoms with Gasteiger partial charge in [-0.3, -0.25) is 9.97 Å². The average molecular weight is 182 g/mol. The molecule has 2 rings (SSSR count). The first kappa shape index (κ1) is 7.18. The molecule has 0 radical (unpaired) electrons. The minimum Gasteiger partial charge on any atom is -0.261 e. The molecule has 2 nitrogen and oxygen atoms in total. The molecule has 1 aliphatic heterocycles. The molecule has 1 aromatic heterocycles. The van der Waals surface area contributed by atoms with Gasteiger partial charge in [-0.15, -0.1) is 0 Å². The molecule has 1 aromatic rings. The molecule has 2 heterocycles. The van der Waals surface area contributed by atoms with Crippen molar-refractivity contribution in [2.24, 2.45) is 0 Å². The van der Waals surface area contributed by atoms with Gasteiger partial charge in [-0.05, 0) is 0 Å². The summed E-state index contributed by atoms with van der Waals surface area (Å²) in [6, 6.07) is 0. The molecule has 0 saturated heterocycles. The van der Waals surface area contributed by atoms with Crippen LogP contribution in [-0.2, 0) is 0 Å². The summed E-state index contributed by atoms with van der Waals surface area (Å²) in [6.07, 6.45) is 7.39. The van der Waals surface area contributed by atoms with Crippen LogP contribution < -0.4 is 0 Å². The van der Waals surface area contributed by atoms with Crippen LogP contribution in [-0.4, -0.2) is 15.7 Å². The van der Waals surface area contributed by atoms with E-state index in [0.29, 0.717) is 0 Å². The lowest BCUT2D eigenvalue weighted by molar-refractivity contribution is 1.18. The summed E-state index contributed by atoms with van der Waals surface area (Å²) in [4.78, 5) is 9.44. The van der Waals surface area contributed by atoms with Gasteiger partial charge in [0.05, 0.1) is 11.9 Å². The molecule has 0 saturated carbocycles. The van der Waals surface area contributed by atoms with Gasteiger partial charge in [-0.2, -0.15) is 0 Å². The van der Waals surface area contributed by atoms with Crippen molar-refractivity contribution in [3.05, 3.63) is 30.4 Å². The predicted molar refractivity (Wildman–Crippen MR) is 50.1 cm³/mol. The van der Waals surface area contributed by atoms with Crippen LogP contribution >= 0.6 is 21.6 Å². The Balaban J connectivity index is 2.29. The van der Waals surface area contributed by atoms with Gasteiger partial charge in [-0.25, -0.2) is 0 Å². The van der Waals surface area contributed by atoms with Gasteiger partial charge in [0.25, 0.3) is 0 Å². The zero-order chi connectivity index (χ0) is 7.52. The summed E-state index contributed by atoms with van der Waals surface area (Å²) in [5.41, 5.74) is 0.988. The van der Waals surface area contributed by atoms with E-state index in [1.54, 1.807) is 29.4 Å². The first-order valence-electron chi connectivity index (χ1n) is 3.23. The Labute approximate surface area is 72.9 Å². The summed E-state index contributed by atoms with van der Waals surface area (Å²) < 4.78 is 0. The fourth-order valence-electron chi connectivity index (χ4n) is 0.815. The fraction of sp³-hybridized carbons (Fsp3) is 0.143. The molecule has 0 N–H and O–H groups in total. The molecule has 1 aliphatic rings. The largest absolute Gasteiger partial charge is 0.261 e. The Kier molecular flexibility index (Phi) is 2.14. The number of hydrogen-bond acceptors (Lipinski definition) is 4. The van der Waals surface area contributed by atoms with Gasteiger partial charge in [0.1, 0.15) is 0 Å². The first-order valence-corrected chi connectivity index (χ1v) is 5.55. The average Bonchev–Trinajstić information content (AvgIpc) is 2.58. The Bertz CT molecular complexity index is 271. The van der Waals surface area contributed by atoms with E-state index in [0.717, 1.165) is 11.4 Å². The third kappa shape index (κ3) is 1.57. The van der Waals surface area contributed by atoms with Crippen LogP contribution in [0.1, 0.15) is 5.69 Å². The predicted octanol–water partition coefficient (Wildman–Crippen LogP) is 2.21. The quantitative estimate of drug-likeness (QED) is 0.622. The summed E-state index contributed by atoms with van der Waals surface area (Å²) in [7, 11) is 3.60. The maximum absolute atomic E-state index is 4.20. The van der Waals surface area contributed by atoms with Crippen molar-refractivity contribution in [3.8, 4) is 0 Å². The second-order valence-electron chi connectivity index (χ2n) is 2.03. The van der Waals surface area contributed by atoms with Crippen LogP contribution in [0.5, 0.6) is 0 Å². The molecular weight excluding hydrogens is 176 g/mol. The molecule has 0 amide bonds. The number of nitrogens with zero attached hydrogens (tertiary/aromatic N) is 2. The molecule has 0 fully saturated rings. The zero-order valence-corrected chi connectivity index (χ0v) is 7.36. The van der Waals surface area contributed by atoms with Gasteiger partial charge in [0, 0.05) is 23.1 Å². The summed E-state index contributed by atoms with van der Waals surface area (Å²) in [5, 5.41) is 0. The molecule has 0 spiro atoms. The lowest BCUT2D eigenvalue weighted by atomic mass is 10.4. The Hall–Kier alpha value is -0.480. The Morgan fingerprint density at radius 3 is 3.00 bits per heavy atom. The van der Waals surface area contributed by atoms with Crippen LogP contribution in [0.3, 0.4) is 0 Å². The molecule has 0 aliphatic carbocycles. The number of aromatic nitrogens is 2. The van der Waals surface area contributed by atoms with Crippen LogP contribution in [0.15, 0.2) is 24.7 Å². The molecule has 56 valence electrons. The lowest BCUT2D eigenvalue weighted by Gasteiger charge is -1.95. The van der Waals surface area contributed by atoms with Gasteiger partial charge in [0.2, 0.25) is 0 Å².